The minimum absolute atomic E-state index is 0.114. The molecule has 0 spiro atoms. The van der Waals surface area contributed by atoms with Crippen molar-refractivity contribution in [3.8, 4) is 12.3 Å². The first-order valence-electron chi connectivity index (χ1n) is 9.76. The van der Waals surface area contributed by atoms with Crippen LogP contribution in [0.25, 0.3) is 6.08 Å². The maximum absolute atomic E-state index is 11.1. The van der Waals surface area contributed by atoms with Gasteiger partial charge in [0.25, 0.3) is 0 Å². The van der Waals surface area contributed by atoms with Gasteiger partial charge in [-0.1, -0.05) is 30.5 Å². The molecule has 1 aromatic rings. The summed E-state index contributed by atoms with van der Waals surface area (Å²) in [5, 5.41) is 15.1. The molecule has 0 aromatic carbocycles. The zero-order valence-electron chi connectivity index (χ0n) is 15.2. The molecular weight excluding hydrogens is 310 g/mol. The molecule has 3 saturated carbocycles. The van der Waals surface area contributed by atoms with Gasteiger partial charge < -0.3 is 9.63 Å². The second-order valence-corrected chi connectivity index (χ2v) is 9.39. The van der Waals surface area contributed by atoms with Crippen LogP contribution in [0.1, 0.15) is 63.7 Å². The number of hydrogen-bond donors (Lipinski definition) is 1. The molecule has 3 fully saturated rings. The van der Waals surface area contributed by atoms with Crippen molar-refractivity contribution in [1.29, 1.82) is 0 Å². The van der Waals surface area contributed by atoms with Crippen LogP contribution in [0.4, 0.5) is 0 Å². The summed E-state index contributed by atoms with van der Waals surface area (Å²) in [4.78, 5) is 0. The number of rotatable bonds is 0. The monoisotopic (exact) mass is 337 g/mol. The van der Waals surface area contributed by atoms with Gasteiger partial charge in [0, 0.05) is 11.0 Å². The van der Waals surface area contributed by atoms with E-state index in [1.165, 1.54) is 12.0 Å². The summed E-state index contributed by atoms with van der Waals surface area (Å²) in [6, 6.07) is 0. The molecule has 3 heteroatoms. The number of hydrogen-bond acceptors (Lipinski definition) is 3. The minimum Gasteiger partial charge on any atom is -0.377 e. The summed E-state index contributed by atoms with van der Waals surface area (Å²) in [6.45, 7) is 4.71. The summed E-state index contributed by atoms with van der Waals surface area (Å²) in [5.41, 5.74) is 1.99. The molecule has 1 N–H and O–H groups in total. The third kappa shape index (κ3) is 1.79. The molecule has 0 radical (unpaired) electrons. The fraction of sp³-hybridized carbons (Fsp3) is 0.682. The van der Waals surface area contributed by atoms with E-state index in [4.69, 9.17) is 10.9 Å². The molecule has 0 unspecified atom stereocenters. The number of allylic oxidation sites excluding steroid dienone is 1. The number of aliphatic hydroxyl groups is 1. The summed E-state index contributed by atoms with van der Waals surface area (Å²) >= 11 is 0. The van der Waals surface area contributed by atoms with E-state index in [0.29, 0.717) is 17.8 Å². The van der Waals surface area contributed by atoms with Gasteiger partial charge in [-0.05, 0) is 74.2 Å². The van der Waals surface area contributed by atoms with E-state index in [2.05, 4.69) is 31.0 Å². The molecule has 5 rings (SSSR count). The second kappa shape index (κ2) is 4.80. The number of aromatic nitrogens is 1. The van der Waals surface area contributed by atoms with E-state index >= 15 is 0 Å². The summed E-state index contributed by atoms with van der Waals surface area (Å²) in [6.07, 6.45) is 17.4. The van der Waals surface area contributed by atoms with Crippen molar-refractivity contribution in [1.82, 2.24) is 5.16 Å². The van der Waals surface area contributed by atoms with Crippen LogP contribution in [0.3, 0.4) is 0 Å². The molecule has 0 bridgehead atoms. The van der Waals surface area contributed by atoms with Gasteiger partial charge in [-0.2, -0.15) is 0 Å². The Labute approximate surface area is 149 Å². The van der Waals surface area contributed by atoms with Crippen LogP contribution in [0.15, 0.2) is 16.3 Å². The van der Waals surface area contributed by atoms with Crippen LogP contribution in [0.5, 0.6) is 0 Å². The van der Waals surface area contributed by atoms with E-state index in [9.17, 15) is 5.11 Å². The van der Waals surface area contributed by atoms with Gasteiger partial charge in [-0.25, -0.2) is 0 Å². The van der Waals surface area contributed by atoms with E-state index in [-0.39, 0.29) is 10.8 Å². The lowest BCUT2D eigenvalue weighted by Crippen LogP contribution is -2.54. The van der Waals surface area contributed by atoms with Crippen LogP contribution in [-0.2, 0) is 6.42 Å². The van der Waals surface area contributed by atoms with E-state index in [1.54, 1.807) is 5.57 Å². The first-order valence-corrected chi connectivity index (χ1v) is 9.76. The summed E-state index contributed by atoms with van der Waals surface area (Å²) in [5.74, 6) is 5.64. The quantitative estimate of drug-likeness (QED) is 0.721. The Balaban J connectivity index is 1.53. The highest BCUT2D eigenvalue weighted by Crippen LogP contribution is 2.67. The average molecular weight is 337 g/mol. The predicted molar refractivity (Wildman–Crippen MR) is 96.4 cm³/mol. The van der Waals surface area contributed by atoms with Crippen molar-refractivity contribution in [3.63, 3.8) is 0 Å². The highest BCUT2D eigenvalue weighted by molar-refractivity contribution is 5.57. The summed E-state index contributed by atoms with van der Waals surface area (Å²) < 4.78 is 5.43. The number of terminal acetylenes is 1. The van der Waals surface area contributed by atoms with Crippen molar-refractivity contribution in [3.05, 3.63) is 23.1 Å². The first-order chi connectivity index (χ1) is 11.9. The van der Waals surface area contributed by atoms with Crippen molar-refractivity contribution < 1.29 is 9.63 Å². The van der Waals surface area contributed by atoms with Gasteiger partial charge in [-0.15, -0.1) is 6.42 Å². The molecule has 4 aliphatic carbocycles. The van der Waals surface area contributed by atoms with Gasteiger partial charge in [0.05, 0.1) is 6.20 Å². The molecule has 0 saturated heterocycles. The largest absolute Gasteiger partial charge is 0.377 e. The fourth-order valence-electron chi connectivity index (χ4n) is 7.14. The van der Waals surface area contributed by atoms with E-state index in [0.717, 1.165) is 44.3 Å². The Morgan fingerprint density at radius 1 is 1.24 bits per heavy atom. The Morgan fingerprint density at radius 3 is 2.84 bits per heavy atom. The van der Waals surface area contributed by atoms with Gasteiger partial charge in [-0.3, -0.25) is 0 Å². The van der Waals surface area contributed by atoms with Crippen LogP contribution in [0, 0.1) is 40.9 Å². The van der Waals surface area contributed by atoms with Gasteiger partial charge in [0.15, 0.2) is 5.76 Å². The molecule has 1 heterocycles. The molecular formula is C22H27NO2. The van der Waals surface area contributed by atoms with Crippen molar-refractivity contribution >= 4 is 6.08 Å². The van der Waals surface area contributed by atoms with Crippen LogP contribution in [0.2, 0.25) is 0 Å². The molecule has 0 aliphatic heterocycles. The Morgan fingerprint density at radius 2 is 2.04 bits per heavy atom. The molecule has 25 heavy (non-hydrogen) atoms. The van der Waals surface area contributed by atoms with Gasteiger partial charge in [0.1, 0.15) is 5.60 Å². The highest BCUT2D eigenvalue weighted by atomic mass is 16.5. The molecule has 132 valence electrons. The smallest absolute Gasteiger partial charge is 0.162 e. The molecule has 3 nitrogen and oxygen atoms in total. The van der Waals surface area contributed by atoms with E-state index < -0.39 is 5.60 Å². The summed E-state index contributed by atoms with van der Waals surface area (Å²) in [7, 11) is 0. The Kier molecular flexibility index (Phi) is 3.01. The first kappa shape index (κ1) is 15.7. The highest BCUT2D eigenvalue weighted by Gasteiger charge is 2.63. The minimum atomic E-state index is -0.909. The Hall–Kier alpha value is -1.53. The van der Waals surface area contributed by atoms with Gasteiger partial charge in [0.2, 0.25) is 0 Å². The van der Waals surface area contributed by atoms with E-state index in [1.807, 2.05) is 6.20 Å². The van der Waals surface area contributed by atoms with Gasteiger partial charge >= 0.3 is 0 Å². The average Bonchev–Trinajstić information content (AvgIpc) is 3.14. The maximum atomic E-state index is 11.1. The second-order valence-electron chi connectivity index (χ2n) is 9.39. The molecule has 1 aromatic heterocycles. The molecule has 4 aliphatic rings. The number of fused-ring (bicyclic) bond motifs is 6. The molecule has 6 atom stereocenters. The van der Waals surface area contributed by atoms with Crippen molar-refractivity contribution in [2.24, 2.45) is 28.6 Å². The SMILES string of the molecule is C#C[C@@]1(O)CC[C@@H]2[C@@H]3CCC4=Cc5oncc5C[C@]4(C)[C@@H]3CC[C@@]21C. The number of nitrogens with zero attached hydrogens (tertiary/aromatic N) is 1. The third-order valence-corrected chi connectivity index (χ3v) is 8.67. The van der Waals surface area contributed by atoms with Crippen molar-refractivity contribution in [2.45, 2.75) is 64.4 Å². The topological polar surface area (TPSA) is 46.3 Å². The Bertz CT molecular complexity index is 801. The fourth-order valence-corrected chi connectivity index (χ4v) is 7.14. The van der Waals surface area contributed by atoms with Crippen LogP contribution >= 0.6 is 0 Å². The standard InChI is InChI=1S/C22H27NO2/c1-4-22(24)10-8-18-16-6-5-15-11-19-14(13-23-25-19)12-20(15,2)17(16)7-9-21(18,22)3/h1,11,13,16-18,24H,5-10,12H2,2-3H3/t16-,17-,18-,20+,21+,22-/m1/s1. The zero-order chi connectivity index (χ0) is 17.4. The lowest BCUT2D eigenvalue weighted by Gasteiger charge is -2.58. The maximum Gasteiger partial charge on any atom is 0.162 e. The molecule has 0 amide bonds. The third-order valence-electron chi connectivity index (χ3n) is 8.67. The van der Waals surface area contributed by atoms with Crippen molar-refractivity contribution in [2.75, 3.05) is 0 Å². The lowest BCUT2D eigenvalue weighted by molar-refractivity contribution is -0.0975. The van der Waals surface area contributed by atoms with Crippen LogP contribution in [-0.4, -0.2) is 15.9 Å². The van der Waals surface area contributed by atoms with Crippen LogP contribution < -0.4 is 0 Å². The predicted octanol–water partition coefficient (Wildman–Crippen LogP) is 4.22. The lowest BCUT2D eigenvalue weighted by atomic mass is 9.46. The normalized spacial score (nSPS) is 47.8. The zero-order valence-corrected chi connectivity index (χ0v) is 15.2.